The second kappa shape index (κ2) is 8.85. The number of carbonyl (C=O) groups is 1. The molecule has 0 spiro atoms. The van der Waals surface area contributed by atoms with E-state index in [0.717, 1.165) is 16.8 Å². The number of nitrogens with zero attached hydrogens (tertiary/aromatic N) is 2. The van der Waals surface area contributed by atoms with Crippen LogP contribution in [0.2, 0.25) is 0 Å². The molecule has 0 saturated heterocycles. The van der Waals surface area contributed by atoms with Crippen LogP contribution in [0.3, 0.4) is 0 Å². The molecule has 160 valence electrons. The Kier molecular flexibility index (Phi) is 5.99. The number of hydrazone groups is 1. The molecule has 1 amide bonds. The van der Waals surface area contributed by atoms with Crippen LogP contribution >= 0.6 is 15.9 Å². The normalized spacial score (nSPS) is 15.5. The Hall–Kier alpha value is -3.26. The van der Waals surface area contributed by atoms with Crippen molar-refractivity contribution < 1.29 is 23.4 Å². The summed E-state index contributed by atoms with van der Waals surface area (Å²) < 4.78 is 22.3. The molecule has 0 fully saturated rings. The van der Waals surface area contributed by atoms with Crippen LogP contribution in [0, 0.1) is 0 Å². The van der Waals surface area contributed by atoms with Crippen molar-refractivity contribution in [1.29, 1.82) is 0 Å². The van der Waals surface area contributed by atoms with E-state index in [0.29, 0.717) is 28.3 Å². The van der Waals surface area contributed by atoms with E-state index < -0.39 is 0 Å². The van der Waals surface area contributed by atoms with Gasteiger partial charge in [0.25, 0.3) is 0 Å². The number of ether oxygens (including phenoxy) is 3. The Morgan fingerprint density at radius 2 is 1.74 bits per heavy atom. The van der Waals surface area contributed by atoms with Crippen molar-refractivity contribution in [3.8, 4) is 17.2 Å². The maximum absolute atomic E-state index is 13.3. The third-order valence-electron chi connectivity index (χ3n) is 5.12. The smallest absolute Gasteiger partial charge is 0.310 e. The van der Waals surface area contributed by atoms with Gasteiger partial charge in [-0.1, -0.05) is 18.2 Å². The van der Waals surface area contributed by atoms with Crippen LogP contribution in [-0.2, 0) is 0 Å². The molecule has 0 saturated carbocycles. The molecule has 4 rings (SSSR count). The van der Waals surface area contributed by atoms with Crippen LogP contribution in [0.1, 0.15) is 34.1 Å². The monoisotopic (exact) mass is 484 g/mol. The highest BCUT2D eigenvalue weighted by atomic mass is 79.9. The van der Waals surface area contributed by atoms with E-state index in [1.165, 1.54) is 5.01 Å². The van der Waals surface area contributed by atoms with Gasteiger partial charge in [0.2, 0.25) is 0 Å². The standard InChI is InChI=1S/C23H21BrN2O5/c1-28-18-7-5-4-6-15(18)17-13-16(14-8-9-19(29-2)21(12-14)30-3)25-26(17)23(27)20-10-11-22(24)31-20/h4-12,17H,13H2,1-3H3/t17-/m1/s1. The van der Waals surface area contributed by atoms with Crippen LogP contribution < -0.4 is 14.2 Å². The second-order valence-corrected chi connectivity index (χ2v) is 7.61. The van der Waals surface area contributed by atoms with Gasteiger partial charge in [0.05, 0.1) is 33.1 Å². The lowest BCUT2D eigenvalue weighted by atomic mass is 9.97. The van der Waals surface area contributed by atoms with Gasteiger partial charge < -0.3 is 18.6 Å². The summed E-state index contributed by atoms with van der Waals surface area (Å²) in [7, 11) is 4.78. The molecule has 0 radical (unpaired) electrons. The molecule has 7 nitrogen and oxygen atoms in total. The van der Waals surface area contributed by atoms with Gasteiger partial charge in [-0.15, -0.1) is 0 Å². The number of carbonyl (C=O) groups excluding carboxylic acids is 1. The quantitative estimate of drug-likeness (QED) is 0.488. The first-order valence-corrected chi connectivity index (χ1v) is 10.4. The molecule has 1 atom stereocenters. The highest BCUT2D eigenvalue weighted by molar-refractivity contribution is 9.10. The Morgan fingerprint density at radius 1 is 1.00 bits per heavy atom. The predicted molar refractivity (Wildman–Crippen MR) is 119 cm³/mol. The first-order chi connectivity index (χ1) is 15.0. The minimum atomic E-state index is -0.351. The van der Waals surface area contributed by atoms with Crippen LogP contribution in [0.5, 0.6) is 17.2 Å². The molecule has 3 aromatic rings. The average molecular weight is 485 g/mol. The Labute approximate surface area is 188 Å². The molecular weight excluding hydrogens is 464 g/mol. The number of rotatable bonds is 6. The first-order valence-electron chi connectivity index (χ1n) is 9.57. The number of amides is 1. The van der Waals surface area contributed by atoms with E-state index >= 15 is 0 Å². The van der Waals surface area contributed by atoms with E-state index in [1.54, 1.807) is 33.5 Å². The van der Waals surface area contributed by atoms with Gasteiger partial charge in [-0.25, -0.2) is 5.01 Å². The minimum Gasteiger partial charge on any atom is -0.496 e. The van der Waals surface area contributed by atoms with Crippen molar-refractivity contribution in [2.24, 2.45) is 5.10 Å². The lowest BCUT2D eigenvalue weighted by Gasteiger charge is -2.22. The number of methoxy groups -OCH3 is 3. The Balaban J connectivity index is 1.77. The lowest BCUT2D eigenvalue weighted by molar-refractivity contribution is 0.0675. The number of hydrogen-bond donors (Lipinski definition) is 0. The van der Waals surface area contributed by atoms with Crippen molar-refractivity contribution in [2.75, 3.05) is 21.3 Å². The van der Waals surface area contributed by atoms with Crippen molar-refractivity contribution in [2.45, 2.75) is 12.5 Å². The molecule has 8 heteroatoms. The molecule has 1 aromatic heterocycles. The summed E-state index contributed by atoms with van der Waals surface area (Å²) in [5.41, 5.74) is 2.45. The first kappa shape index (κ1) is 21.0. The number of benzene rings is 2. The van der Waals surface area contributed by atoms with Crippen LogP contribution in [0.15, 0.2) is 68.8 Å². The zero-order valence-corrected chi connectivity index (χ0v) is 18.9. The van der Waals surface area contributed by atoms with E-state index in [1.807, 2.05) is 42.5 Å². The number of halogens is 1. The van der Waals surface area contributed by atoms with E-state index in [2.05, 4.69) is 21.0 Å². The second-order valence-electron chi connectivity index (χ2n) is 6.83. The van der Waals surface area contributed by atoms with Gasteiger partial charge in [0.15, 0.2) is 21.9 Å². The molecule has 1 aliphatic rings. The van der Waals surface area contributed by atoms with Gasteiger partial charge in [-0.05, 0) is 52.3 Å². The summed E-state index contributed by atoms with van der Waals surface area (Å²) in [4.78, 5) is 13.3. The Bertz CT molecular complexity index is 1140. The SMILES string of the molecule is COc1ccc(C2=NN(C(=O)c3ccc(Br)o3)[C@@H](c3ccccc3OC)C2)cc1OC. The summed E-state index contributed by atoms with van der Waals surface area (Å²) in [6.07, 6.45) is 0.503. The van der Waals surface area contributed by atoms with Gasteiger partial charge in [-0.2, -0.15) is 5.10 Å². The number of furan rings is 1. The zero-order chi connectivity index (χ0) is 22.0. The summed E-state index contributed by atoms with van der Waals surface area (Å²) >= 11 is 3.25. The number of para-hydroxylation sites is 1. The molecular formula is C23H21BrN2O5. The van der Waals surface area contributed by atoms with Gasteiger partial charge in [0.1, 0.15) is 5.75 Å². The molecule has 0 bridgehead atoms. The fraction of sp³-hybridized carbons (Fsp3) is 0.217. The largest absolute Gasteiger partial charge is 0.496 e. The topological polar surface area (TPSA) is 73.5 Å². The predicted octanol–water partition coefficient (Wildman–Crippen LogP) is 5.06. The maximum atomic E-state index is 13.3. The zero-order valence-electron chi connectivity index (χ0n) is 17.3. The van der Waals surface area contributed by atoms with Crippen LogP contribution in [-0.4, -0.2) is 38.0 Å². The van der Waals surface area contributed by atoms with Crippen molar-refractivity contribution >= 4 is 27.5 Å². The van der Waals surface area contributed by atoms with Crippen molar-refractivity contribution in [3.05, 3.63) is 76.2 Å². The lowest BCUT2D eigenvalue weighted by Crippen LogP contribution is -2.27. The van der Waals surface area contributed by atoms with E-state index in [9.17, 15) is 4.79 Å². The van der Waals surface area contributed by atoms with Gasteiger partial charge in [0, 0.05) is 17.5 Å². The van der Waals surface area contributed by atoms with Crippen molar-refractivity contribution in [3.63, 3.8) is 0 Å². The summed E-state index contributed by atoms with van der Waals surface area (Å²) in [5, 5.41) is 6.13. The summed E-state index contributed by atoms with van der Waals surface area (Å²) in [6.45, 7) is 0. The summed E-state index contributed by atoms with van der Waals surface area (Å²) in [5.74, 6) is 1.77. The van der Waals surface area contributed by atoms with E-state index in [-0.39, 0.29) is 17.7 Å². The van der Waals surface area contributed by atoms with Gasteiger partial charge >= 0.3 is 5.91 Å². The highest BCUT2D eigenvalue weighted by Crippen LogP contribution is 2.39. The molecule has 2 heterocycles. The number of hydrogen-bond acceptors (Lipinski definition) is 6. The third-order valence-corrected chi connectivity index (χ3v) is 5.54. The summed E-state index contributed by atoms with van der Waals surface area (Å²) in [6, 6.07) is 16.1. The minimum absolute atomic E-state index is 0.198. The fourth-order valence-corrected chi connectivity index (χ4v) is 3.92. The maximum Gasteiger partial charge on any atom is 0.310 e. The molecule has 0 aliphatic carbocycles. The molecule has 2 aromatic carbocycles. The van der Waals surface area contributed by atoms with Crippen LogP contribution in [0.4, 0.5) is 0 Å². The fourth-order valence-electron chi connectivity index (χ4n) is 3.61. The molecule has 1 aliphatic heterocycles. The van der Waals surface area contributed by atoms with Crippen molar-refractivity contribution in [1.82, 2.24) is 5.01 Å². The van der Waals surface area contributed by atoms with Crippen LogP contribution in [0.25, 0.3) is 0 Å². The van der Waals surface area contributed by atoms with E-state index in [4.69, 9.17) is 18.6 Å². The molecule has 31 heavy (non-hydrogen) atoms. The Morgan fingerprint density at radius 3 is 2.42 bits per heavy atom. The van der Waals surface area contributed by atoms with Gasteiger partial charge in [-0.3, -0.25) is 4.79 Å². The highest BCUT2D eigenvalue weighted by Gasteiger charge is 2.36. The molecule has 0 N–H and O–H groups in total. The molecule has 0 unspecified atom stereocenters. The third kappa shape index (κ3) is 4.03. The average Bonchev–Trinajstić information content (AvgIpc) is 3.45.